The molecular weight excluding hydrogens is 1250 g/mol. The quantitative estimate of drug-likeness (QED) is 0.0480. The average molecular weight is 1440 g/mol. The molecule has 0 amide bonds. The van der Waals surface area contributed by atoms with Gasteiger partial charge in [-0.1, -0.05) is 437 Å². The summed E-state index contributed by atoms with van der Waals surface area (Å²) in [5.41, 5.74) is 2.01. The molecule has 0 aliphatic heterocycles. The molecule has 0 fully saturated rings. The number of benzene rings is 1. The maximum Gasteiger partial charge on any atom is 0.312 e. The molecule has 0 saturated carbocycles. The van der Waals surface area contributed by atoms with Crippen LogP contribution in [0.2, 0.25) is 0 Å². The van der Waals surface area contributed by atoms with Gasteiger partial charge in [-0.05, 0) is 191 Å². The lowest BCUT2D eigenvalue weighted by atomic mass is 9.42. The Labute approximate surface area is 651 Å². The van der Waals surface area contributed by atoms with E-state index in [1.807, 2.05) is 0 Å². The Hall–Kier alpha value is -1.31. The van der Waals surface area contributed by atoms with Crippen LogP contribution in [-0.2, 0) is 16.1 Å². The third-order valence-electron chi connectivity index (χ3n) is 35.3. The monoisotopic (exact) mass is 1440 g/mol. The minimum Gasteiger partial charge on any atom is -0.460 e. The lowest BCUT2D eigenvalue weighted by Gasteiger charge is -2.62. The van der Waals surface area contributed by atoms with E-state index in [4.69, 9.17) is 4.74 Å². The van der Waals surface area contributed by atoms with Crippen molar-refractivity contribution in [1.29, 1.82) is 0 Å². The molecule has 1 aromatic carbocycles. The number of unbranched alkanes of at least 4 members (excludes halogenated alkanes) is 2. The van der Waals surface area contributed by atoms with Crippen LogP contribution in [0.4, 0.5) is 0 Å². The smallest absolute Gasteiger partial charge is 0.312 e. The molecule has 1 rings (SSSR count). The molecule has 2 unspecified atom stereocenters. The largest absolute Gasteiger partial charge is 0.460 e. The number of esters is 1. The van der Waals surface area contributed by atoms with Crippen molar-refractivity contribution in [2.75, 3.05) is 0 Å². The minimum atomic E-state index is -0.740. The molecule has 0 radical (unpaired) electrons. The molecule has 2 nitrogen and oxygen atoms in total. The number of hydrogen-bond acceptors (Lipinski definition) is 2. The van der Waals surface area contributed by atoms with Gasteiger partial charge in [0.2, 0.25) is 0 Å². The molecule has 0 aliphatic carbocycles. The van der Waals surface area contributed by atoms with Crippen LogP contribution in [0.5, 0.6) is 0 Å². The first-order valence-corrected chi connectivity index (χ1v) is 46.9. The summed E-state index contributed by atoms with van der Waals surface area (Å²) in [5.74, 6) is 0.0706. The fourth-order valence-electron chi connectivity index (χ4n) is 25.4. The summed E-state index contributed by atoms with van der Waals surface area (Å²) in [6.45, 7) is 81.5. The van der Waals surface area contributed by atoms with Gasteiger partial charge in [-0.15, -0.1) is 0 Å². The van der Waals surface area contributed by atoms with E-state index in [1.54, 1.807) is 0 Å². The average Bonchev–Trinajstić information content (AvgIpc) is 0.724. The summed E-state index contributed by atoms with van der Waals surface area (Å²) in [5, 5.41) is 0. The van der Waals surface area contributed by atoms with E-state index in [0.717, 1.165) is 18.4 Å². The lowest BCUT2D eigenvalue weighted by Crippen LogP contribution is -2.52. The van der Waals surface area contributed by atoms with Gasteiger partial charge in [0.05, 0.1) is 5.41 Å². The Morgan fingerprint density at radius 1 is 0.233 bits per heavy atom. The molecular formula is C101H194O2. The van der Waals surface area contributed by atoms with Gasteiger partial charge in [0, 0.05) is 0 Å². The minimum absolute atomic E-state index is 0.0162. The number of carbonyl (C=O) groups excluding carboxylic acids is 1. The Morgan fingerprint density at radius 3 is 0.612 bits per heavy atom. The molecule has 1 aromatic rings. The fourth-order valence-corrected chi connectivity index (χ4v) is 25.4. The first-order chi connectivity index (χ1) is 48.7. The zero-order chi connectivity index (χ0) is 78.8. The van der Waals surface area contributed by atoms with Crippen molar-refractivity contribution in [3.8, 4) is 0 Å². The summed E-state index contributed by atoms with van der Waals surface area (Å²) >= 11 is 0. The molecule has 103 heavy (non-hydrogen) atoms. The van der Waals surface area contributed by atoms with E-state index in [2.05, 4.69) is 245 Å². The molecule has 0 aliphatic rings. The van der Waals surface area contributed by atoms with Crippen molar-refractivity contribution < 1.29 is 9.53 Å². The standard InChI is InChI=1S/C101H194O2/c1-32-62-66-69-97(61-30,72-88(34-3,35-4)36-5)81-101(79-95(55-24,56-25)57-26,80-96(58-27,59-28)60-29)84-98(71-87(31,33-2)86(102)103-70-85-67-64-63-65-68-85,82-99(73-89(37-6,38-7)39-8,74-90(40-9,41-10)42-11)75-91(43-12,44-13)45-14)83-100(76-92(46-15,47-16)48-17,77-93(49-18,50-19)51-20)78-94(52-21,53-22)54-23/h63-65,67-68H,32-62,66,69-84H2,1-31H3. The van der Waals surface area contributed by atoms with Crippen molar-refractivity contribution in [2.24, 2.45) is 81.2 Å². The Balaban J connectivity index is 6.58. The van der Waals surface area contributed by atoms with Gasteiger partial charge in [0.25, 0.3) is 0 Å². The van der Waals surface area contributed by atoms with E-state index < -0.39 is 5.41 Å². The third kappa shape index (κ3) is 25.9. The summed E-state index contributed by atoms with van der Waals surface area (Å²) in [6, 6.07) is 10.8. The molecule has 2 atom stereocenters. The molecule has 0 heterocycles. The molecule has 2 heteroatoms. The van der Waals surface area contributed by atoms with Gasteiger partial charge in [-0.2, -0.15) is 0 Å². The second-order valence-corrected chi connectivity index (χ2v) is 38.8. The first-order valence-electron chi connectivity index (χ1n) is 46.9. The van der Waals surface area contributed by atoms with Crippen LogP contribution in [0.3, 0.4) is 0 Å². The molecule has 0 N–H and O–H groups in total. The fraction of sp³-hybridized carbons (Fsp3) is 0.931. The maximum absolute atomic E-state index is 17.0. The zero-order valence-electron chi connectivity index (χ0n) is 77.1. The van der Waals surface area contributed by atoms with Gasteiger partial charge >= 0.3 is 5.97 Å². The van der Waals surface area contributed by atoms with Crippen LogP contribution in [0.1, 0.15) is 522 Å². The molecule has 0 aromatic heterocycles. The summed E-state index contributed by atoms with van der Waals surface area (Å²) < 4.78 is 7.19. The molecule has 610 valence electrons. The van der Waals surface area contributed by atoms with Crippen LogP contribution < -0.4 is 0 Å². The summed E-state index contributed by atoms with van der Waals surface area (Å²) in [7, 11) is 0. The summed E-state index contributed by atoms with van der Waals surface area (Å²) in [4.78, 5) is 17.0. The SMILES string of the molecule is CCCCCC(CC)(CC(CC)(CC)CC)CC(CC(CC)(CC)CC)(CC(CC)(CC)CC)CC(CC(CC(CC)(CC)CC)(CC(CC)(CC)CC)CC(CC)(CC)CC)(CC(CC(CC)(CC)CC)(CC(CC)(CC)CC)CC(CC)(CC)CC)CC(C)(CC)C(=O)OCc1ccccc1. The normalized spacial score (nSPS) is 15.3. The van der Waals surface area contributed by atoms with Gasteiger partial charge in [-0.3, -0.25) is 4.79 Å². The van der Waals surface area contributed by atoms with E-state index in [0.29, 0.717) is 12.0 Å². The Morgan fingerprint density at radius 2 is 0.417 bits per heavy atom. The Kier molecular flexibility index (Phi) is 43.8. The zero-order valence-corrected chi connectivity index (χ0v) is 77.1. The number of ether oxygens (including phenoxy) is 1. The number of hydrogen-bond donors (Lipinski definition) is 0. The Bertz CT molecular complexity index is 2050. The predicted molar refractivity (Wildman–Crippen MR) is 466 cm³/mol. The second-order valence-electron chi connectivity index (χ2n) is 38.8. The third-order valence-corrected chi connectivity index (χ3v) is 35.3. The van der Waals surface area contributed by atoms with Crippen molar-refractivity contribution in [3.63, 3.8) is 0 Å². The maximum atomic E-state index is 17.0. The van der Waals surface area contributed by atoms with Crippen molar-refractivity contribution in [1.82, 2.24) is 0 Å². The van der Waals surface area contributed by atoms with Gasteiger partial charge in [0.1, 0.15) is 6.61 Å². The van der Waals surface area contributed by atoms with Crippen LogP contribution >= 0.6 is 0 Å². The lowest BCUT2D eigenvalue weighted by molar-refractivity contribution is -0.164. The van der Waals surface area contributed by atoms with Gasteiger partial charge < -0.3 is 4.74 Å². The highest BCUT2D eigenvalue weighted by atomic mass is 16.5. The van der Waals surface area contributed by atoms with Gasteiger partial charge in [-0.25, -0.2) is 0 Å². The van der Waals surface area contributed by atoms with Crippen LogP contribution in [0.15, 0.2) is 30.3 Å². The number of rotatable bonds is 64. The van der Waals surface area contributed by atoms with Gasteiger partial charge in [0.15, 0.2) is 0 Å². The number of carbonyl (C=O) groups is 1. The van der Waals surface area contributed by atoms with E-state index >= 15 is 4.79 Å². The van der Waals surface area contributed by atoms with Crippen molar-refractivity contribution in [3.05, 3.63) is 35.9 Å². The molecule has 0 saturated heterocycles. The van der Waals surface area contributed by atoms with Crippen LogP contribution in [0.25, 0.3) is 0 Å². The highest BCUT2D eigenvalue weighted by Gasteiger charge is 2.61. The van der Waals surface area contributed by atoms with E-state index in [-0.39, 0.29) is 76.4 Å². The predicted octanol–water partition coefficient (Wildman–Crippen LogP) is 35.5. The summed E-state index contributed by atoms with van der Waals surface area (Å²) in [6.07, 6.45) is 58.0. The molecule has 0 bridgehead atoms. The topological polar surface area (TPSA) is 26.3 Å². The molecule has 0 spiro atoms. The highest BCUT2D eigenvalue weighted by molar-refractivity contribution is 5.76. The van der Waals surface area contributed by atoms with Crippen molar-refractivity contribution in [2.45, 2.75) is 523 Å². The highest BCUT2D eigenvalue weighted by Crippen LogP contribution is 2.72. The van der Waals surface area contributed by atoms with Crippen LogP contribution in [0, 0.1) is 81.2 Å². The first kappa shape index (κ1) is 99.7. The van der Waals surface area contributed by atoms with E-state index in [1.165, 1.54) is 289 Å². The second kappa shape index (κ2) is 45.3. The van der Waals surface area contributed by atoms with Crippen LogP contribution in [-0.4, -0.2) is 5.97 Å². The van der Waals surface area contributed by atoms with E-state index in [9.17, 15) is 0 Å². The van der Waals surface area contributed by atoms with Crippen molar-refractivity contribution >= 4 is 5.97 Å².